The van der Waals surface area contributed by atoms with Crippen LogP contribution in [0.1, 0.15) is 38.5 Å². The third-order valence-electron chi connectivity index (χ3n) is 3.40. The van der Waals surface area contributed by atoms with E-state index in [2.05, 4.69) is 23.2 Å². The molecule has 0 aromatic carbocycles. The lowest BCUT2D eigenvalue weighted by Crippen LogP contribution is -2.25. The lowest BCUT2D eigenvalue weighted by atomic mass is 9.81. The van der Waals surface area contributed by atoms with Crippen molar-refractivity contribution in [2.45, 2.75) is 50.0 Å². The number of aromatic nitrogens is 2. The average molecular weight is 251 g/mol. The predicted molar refractivity (Wildman–Crippen MR) is 65.4 cm³/mol. The van der Waals surface area contributed by atoms with Gasteiger partial charge in [0, 0.05) is 12.2 Å². The summed E-state index contributed by atoms with van der Waals surface area (Å²) in [5.41, 5.74) is 0. The van der Waals surface area contributed by atoms with Gasteiger partial charge in [-0.05, 0) is 25.2 Å². The van der Waals surface area contributed by atoms with Crippen LogP contribution in [0.25, 0.3) is 0 Å². The van der Waals surface area contributed by atoms with Crippen molar-refractivity contribution in [3.05, 3.63) is 5.89 Å². The van der Waals surface area contributed by atoms with Gasteiger partial charge < -0.3 is 4.42 Å². The first kappa shape index (κ1) is 12.4. The minimum Gasteiger partial charge on any atom is -0.416 e. The normalized spacial score (nSPS) is 28.9. The van der Waals surface area contributed by atoms with E-state index in [9.17, 15) is 5.26 Å². The number of hydrogen-bond donors (Lipinski definition) is 0. The first-order valence-electron chi connectivity index (χ1n) is 6.09. The smallest absolute Gasteiger partial charge is 0.276 e. The highest BCUT2D eigenvalue weighted by Crippen LogP contribution is 2.40. The largest absolute Gasteiger partial charge is 0.416 e. The molecule has 3 unspecified atom stereocenters. The Morgan fingerprint density at radius 1 is 1.47 bits per heavy atom. The van der Waals surface area contributed by atoms with Gasteiger partial charge in [-0.1, -0.05) is 25.1 Å². The minimum absolute atomic E-state index is 0.120. The van der Waals surface area contributed by atoms with Gasteiger partial charge in [0.05, 0.1) is 12.0 Å². The number of hydrogen-bond acceptors (Lipinski definition) is 5. The number of nitrogens with zero attached hydrogens (tertiary/aromatic N) is 3. The van der Waals surface area contributed by atoms with E-state index in [1.54, 1.807) is 18.7 Å². The lowest BCUT2D eigenvalue weighted by Gasteiger charge is -2.30. The van der Waals surface area contributed by atoms with Gasteiger partial charge in [0.1, 0.15) is 0 Å². The summed E-state index contributed by atoms with van der Waals surface area (Å²) in [4.78, 5) is 0. The first-order valence-corrected chi connectivity index (χ1v) is 6.97. The maximum atomic E-state index is 9.17. The predicted octanol–water partition coefficient (Wildman–Crippen LogP) is 3.19. The molecule has 0 aliphatic heterocycles. The molecule has 1 aliphatic carbocycles. The van der Waals surface area contributed by atoms with Crippen LogP contribution in [-0.2, 0) is 0 Å². The zero-order chi connectivity index (χ0) is 12.3. The van der Waals surface area contributed by atoms with Crippen molar-refractivity contribution >= 4 is 11.8 Å². The number of aryl methyl sites for hydroxylation is 1. The van der Waals surface area contributed by atoms with Crippen LogP contribution in [0.15, 0.2) is 9.64 Å². The Hall–Kier alpha value is -1.02. The Morgan fingerprint density at radius 3 is 2.88 bits per heavy atom. The zero-order valence-electron chi connectivity index (χ0n) is 10.2. The van der Waals surface area contributed by atoms with Gasteiger partial charge in [-0.15, -0.1) is 10.2 Å². The quantitative estimate of drug-likeness (QED) is 0.825. The van der Waals surface area contributed by atoms with Crippen molar-refractivity contribution in [1.29, 1.82) is 5.26 Å². The molecule has 1 aliphatic rings. The summed E-state index contributed by atoms with van der Waals surface area (Å²) in [6, 6.07) is 2.42. The number of rotatable bonds is 3. The summed E-state index contributed by atoms with van der Waals surface area (Å²) in [6.07, 6.45) is 4.45. The molecule has 1 aromatic rings. The summed E-state index contributed by atoms with van der Waals surface area (Å²) in [6.45, 7) is 4.00. The van der Waals surface area contributed by atoms with Crippen molar-refractivity contribution in [1.82, 2.24) is 10.2 Å². The average Bonchev–Trinajstić information content (AvgIpc) is 2.74. The third-order valence-corrected chi connectivity index (χ3v) is 4.59. The van der Waals surface area contributed by atoms with Gasteiger partial charge in [-0.3, -0.25) is 0 Å². The number of thioether (sulfide) groups is 1. The molecule has 2 rings (SSSR count). The molecule has 4 nitrogen and oxygen atoms in total. The van der Waals surface area contributed by atoms with Crippen LogP contribution < -0.4 is 0 Å². The van der Waals surface area contributed by atoms with E-state index < -0.39 is 0 Å². The summed E-state index contributed by atoms with van der Waals surface area (Å²) < 4.78 is 5.38. The van der Waals surface area contributed by atoms with E-state index in [1.165, 1.54) is 12.8 Å². The summed E-state index contributed by atoms with van der Waals surface area (Å²) in [5, 5.41) is 17.9. The van der Waals surface area contributed by atoms with Gasteiger partial charge in [0.25, 0.3) is 5.22 Å². The maximum absolute atomic E-state index is 9.17. The van der Waals surface area contributed by atoms with Gasteiger partial charge in [-0.2, -0.15) is 5.26 Å². The van der Waals surface area contributed by atoms with Crippen molar-refractivity contribution in [2.24, 2.45) is 11.8 Å². The summed E-state index contributed by atoms with van der Waals surface area (Å²) >= 11 is 1.57. The highest BCUT2D eigenvalue weighted by molar-refractivity contribution is 7.99. The van der Waals surface area contributed by atoms with Crippen LogP contribution in [0.4, 0.5) is 0 Å². The van der Waals surface area contributed by atoms with Crippen LogP contribution in [0, 0.1) is 30.1 Å². The van der Waals surface area contributed by atoms with Gasteiger partial charge >= 0.3 is 0 Å². The molecule has 0 radical (unpaired) electrons. The van der Waals surface area contributed by atoms with Crippen molar-refractivity contribution in [2.75, 3.05) is 0 Å². The Kier molecular flexibility index (Phi) is 4.06. The molecule has 1 fully saturated rings. The van der Waals surface area contributed by atoms with E-state index in [0.717, 1.165) is 18.8 Å². The Bertz CT molecular complexity index is 412. The molecular formula is C12H17N3OS. The highest BCUT2D eigenvalue weighted by atomic mass is 32.2. The Labute approximate surface area is 106 Å². The molecule has 0 amide bonds. The van der Waals surface area contributed by atoms with Gasteiger partial charge in [0.2, 0.25) is 5.89 Å². The van der Waals surface area contributed by atoms with Crippen LogP contribution in [0.3, 0.4) is 0 Å². The molecule has 1 saturated carbocycles. The van der Waals surface area contributed by atoms with Gasteiger partial charge in [-0.25, -0.2) is 0 Å². The minimum atomic E-state index is 0.120. The molecule has 1 aromatic heterocycles. The van der Waals surface area contributed by atoms with E-state index in [1.807, 2.05) is 0 Å². The van der Waals surface area contributed by atoms with Crippen LogP contribution >= 0.6 is 11.8 Å². The second-order valence-electron chi connectivity index (χ2n) is 4.57. The SMILES string of the molecule is CCC1CCC(C#N)C(Sc2nnc(C)o2)C1. The standard InChI is InChI=1S/C12H17N3OS/c1-3-9-4-5-10(7-13)11(6-9)17-12-15-14-8(2)16-12/h9-11H,3-6H2,1-2H3. The molecule has 1 heterocycles. The second kappa shape index (κ2) is 5.54. The van der Waals surface area contributed by atoms with Crippen molar-refractivity contribution in [3.63, 3.8) is 0 Å². The monoisotopic (exact) mass is 251 g/mol. The Balaban J connectivity index is 2.03. The molecular weight excluding hydrogens is 234 g/mol. The zero-order valence-corrected chi connectivity index (χ0v) is 11.0. The summed E-state index contributed by atoms with van der Waals surface area (Å²) in [5.74, 6) is 1.44. The molecule has 0 N–H and O–H groups in total. The molecule has 0 bridgehead atoms. The number of nitriles is 1. The maximum Gasteiger partial charge on any atom is 0.276 e. The van der Waals surface area contributed by atoms with E-state index in [4.69, 9.17) is 4.42 Å². The topological polar surface area (TPSA) is 62.7 Å². The van der Waals surface area contributed by atoms with Crippen LogP contribution in [0.2, 0.25) is 0 Å². The third kappa shape index (κ3) is 3.01. The van der Waals surface area contributed by atoms with Crippen LogP contribution in [0.5, 0.6) is 0 Å². The molecule has 92 valence electrons. The fourth-order valence-corrected chi connectivity index (χ4v) is 3.56. The Morgan fingerprint density at radius 2 is 2.29 bits per heavy atom. The lowest BCUT2D eigenvalue weighted by molar-refractivity contribution is 0.315. The van der Waals surface area contributed by atoms with Crippen molar-refractivity contribution < 1.29 is 4.42 Å². The summed E-state index contributed by atoms with van der Waals surface area (Å²) in [7, 11) is 0. The fraction of sp³-hybridized carbons (Fsp3) is 0.750. The van der Waals surface area contributed by atoms with Crippen LogP contribution in [-0.4, -0.2) is 15.4 Å². The van der Waals surface area contributed by atoms with Gasteiger partial charge in [0.15, 0.2) is 0 Å². The van der Waals surface area contributed by atoms with Crippen molar-refractivity contribution in [3.8, 4) is 6.07 Å². The highest BCUT2D eigenvalue weighted by Gasteiger charge is 2.31. The molecule has 3 atom stereocenters. The molecule has 0 saturated heterocycles. The molecule has 5 heteroatoms. The first-order chi connectivity index (χ1) is 8.22. The van der Waals surface area contributed by atoms with E-state index in [-0.39, 0.29) is 5.92 Å². The van der Waals surface area contributed by atoms with E-state index in [0.29, 0.717) is 16.4 Å². The molecule has 0 spiro atoms. The van der Waals surface area contributed by atoms with E-state index >= 15 is 0 Å². The second-order valence-corrected chi connectivity index (χ2v) is 5.76. The fourth-order valence-electron chi connectivity index (χ4n) is 2.32. The molecule has 17 heavy (non-hydrogen) atoms.